The van der Waals surface area contributed by atoms with E-state index in [9.17, 15) is 9.18 Å². The molecule has 0 aliphatic rings. The van der Waals surface area contributed by atoms with Crippen molar-refractivity contribution in [3.63, 3.8) is 0 Å². The first-order valence-corrected chi connectivity index (χ1v) is 6.48. The van der Waals surface area contributed by atoms with Crippen molar-refractivity contribution in [2.75, 3.05) is 19.5 Å². The number of anilines is 1. The second-order valence-electron chi connectivity index (χ2n) is 5.39. The van der Waals surface area contributed by atoms with Gasteiger partial charge in [-0.3, -0.25) is 0 Å². The highest BCUT2D eigenvalue weighted by Gasteiger charge is 2.21. The summed E-state index contributed by atoms with van der Waals surface area (Å²) in [4.78, 5) is 11.7. The molecular formula is C15H22FNO3. The minimum atomic E-state index is -0.565. The summed E-state index contributed by atoms with van der Waals surface area (Å²) in [6.07, 6.45) is 0.738. The molecule has 0 fully saturated rings. The maximum absolute atomic E-state index is 13.3. The molecule has 5 heteroatoms. The van der Waals surface area contributed by atoms with E-state index in [-0.39, 0.29) is 17.2 Å². The molecule has 0 aliphatic carbocycles. The molecule has 112 valence electrons. The van der Waals surface area contributed by atoms with Gasteiger partial charge in [0.25, 0.3) is 0 Å². The first kappa shape index (κ1) is 16.4. The number of hydrogen-bond acceptors (Lipinski definition) is 4. The summed E-state index contributed by atoms with van der Waals surface area (Å²) < 4.78 is 23.3. The highest BCUT2D eigenvalue weighted by atomic mass is 19.1. The Hall–Kier alpha value is -1.62. The van der Waals surface area contributed by atoms with Gasteiger partial charge in [0, 0.05) is 18.8 Å². The van der Waals surface area contributed by atoms with Crippen LogP contribution < -0.4 is 5.32 Å². The molecule has 4 nitrogen and oxygen atoms in total. The molecule has 20 heavy (non-hydrogen) atoms. The molecule has 0 spiro atoms. The maximum Gasteiger partial charge on any atom is 0.340 e. The molecule has 1 aromatic carbocycles. The maximum atomic E-state index is 13.3. The van der Waals surface area contributed by atoms with E-state index in [1.54, 1.807) is 7.11 Å². The smallest absolute Gasteiger partial charge is 0.340 e. The molecule has 0 bridgehead atoms. The van der Waals surface area contributed by atoms with Gasteiger partial charge in [0.1, 0.15) is 5.82 Å². The molecule has 1 rings (SSSR count). The minimum absolute atomic E-state index is 0.0545. The van der Waals surface area contributed by atoms with Crippen molar-refractivity contribution in [1.82, 2.24) is 0 Å². The van der Waals surface area contributed by atoms with E-state index in [0.29, 0.717) is 5.69 Å². The van der Waals surface area contributed by atoms with Crippen LogP contribution in [-0.4, -0.2) is 31.8 Å². The van der Waals surface area contributed by atoms with Crippen LogP contribution >= 0.6 is 0 Å². The quantitative estimate of drug-likeness (QED) is 0.814. The Bertz CT molecular complexity index is 474. The number of halogens is 1. The van der Waals surface area contributed by atoms with Gasteiger partial charge in [-0.1, -0.05) is 0 Å². The Kier molecular flexibility index (Phi) is 5.51. The van der Waals surface area contributed by atoms with Gasteiger partial charge in [0.15, 0.2) is 0 Å². The summed E-state index contributed by atoms with van der Waals surface area (Å²) >= 11 is 0. The summed E-state index contributed by atoms with van der Waals surface area (Å²) in [7, 11) is 2.93. The van der Waals surface area contributed by atoms with Crippen molar-refractivity contribution in [3.05, 3.63) is 29.6 Å². The third-order valence-electron chi connectivity index (χ3n) is 3.14. The number of esters is 1. The monoisotopic (exact) mass is 283 g/mol. The van der Waals surface area contributed by atoms with Crippen molar-refractivity contribution in [3.8, 4) is 0 Å². The van der Waals surface area contributed by atoms with E-state index in [4.69, 9.17) is 4.74 Å². The average molecular weight is 283 g/mol. The predicted octanol–water partition coefficient (Wildman–Crippen LogP) is 3.23. The first-order chi connectivity index (χ1) is 9.29. The first-order valence-electron chi connectivity index (χ1n) is 6.48. The summed E-state index contributed by atoms with van der Waals surface area (Å²) in [5, 5.41) is 3.20. The second kappa shape index (κ2) is 6.70. The zero-order chi connectivity index (χ0) is 15.3. The molecule has 1 aromatic rings. The molecule has 1 unspecified atom stereocenters. The number of hydrogen-bond donors (Lipinski definition) is 1. The Morgan fingerprint density at radius 1 is 1.40 bits per heavy atom. The topological polar surface area (TPSA) is 47.6 Å². The SMILES string of the molecule is COC(=O)c1cc(F)ccc1NC(C)CC(C)(C)OC. The molecule has 0 saturated heterocycles. The Balaban J connectivity index is 2.89. The van der Waals surface area contributed by atoms with Crippen LogP contribution in [0.5, 0.6) is 0 Å². The van der Waals surface area contributed by atoms with Crippen LogP contribution in [0.25, 0.3) is 0 Å². The van der Waals surface area contributed by atoms with Crippen LogP contribution in [0.4, 0.5) is 10.1 Å². The molecule has 0 amide bonds. The normalized spacial score (nSPS) is 12.9. The fourth-order valence-electron chi connectivity index (χ4n) is 2.06. The van der Waals surface area contributed by atoms with Gasteiger partial charge in [-0.05, 0) is 45.4 Å². The van der Waals surface area contributed by atoms with Crippen LogP contribution in [0.2, 0.25) is 0 Å². The molecular weight excluding hydrogens is 261 g/mol. The fraction of sp³-hybridized carbons (Fsp3) is 0.533. The third kappa shape index (κ3) is 4.49. The van der Waals surface area contributed by atoms with Gasteiger partial charge in [-0.25, -0.2) is 9.18 Å². The van der Waals surface area contributed by atoms with Gasteiger partial charge in [-0.2, -0.15) is 0 Å². The van der Waals surface area contributed by atoms with Crippen LogP contribution in [0.3, 0.4) is 0 Å². The van der Waals surface area contributed by atoms with Crippen LogP contribution in [-0.2, 0) is 9.47 Å². The number of nitrogens with one attached hydrogen (secondary N) is 1. The summed E-state index contributed by atoms with van der Waals surface area (Å²) in [5.41, 5.74) is 0.463. The summed E-state index contributed by atoms with van der Waals surface area (Å²) in [6.45, 7) is 5.94. The zero-order valence-electron chi connectivity index (χ0n) is 12.6. The molecule has 0 heterocycles. The Morgan fingerprint density at radius 2 is 2.05 bits per heavy atom. The molecule has 0 aliphatic heterocycles. The molecule has 0 aromatic heterocycles. The summed E-state index contributed by atoms with van der Waals surface area (Å²) in [5.74, 6) is -1.04. The lowest BCUT2D eigenvalue weighted by Gasteiger charge is -2.28. The number of carbonyl (C=O) groups excluding carboxylic acids is 1. The van der Waals surface area contributed by atoms with E-state index >= 15 is 0 Å². The van der Waals surface area contributed by atoms with Gasteiger partial charge in [0.2, 0.25) is 0 Å². The lowest BCUT2D eigenvalue weighted by atomic mass is 9.99. The third-order valence-corrected chi connectivity index (χ3v) is 3.14. The number of methoxy groups -OCH3 is 2. The van der Waals surface area contributed by atoms with E-state index < -0.39 is 11.8 Å². The highest BCUT2D eigenvalue weighted by Crippen LogP contribution is 2.22. The van der Waals surface area contributed by atoms with E-state index in [2.05, 4.69) is 10.1 Å². The van der Waals surface area contributed by atoms with Gasteiger partial charge >= 0.3 is 5.97 Å². The fourth-order valence-corrected chi connectivity index (χ4v) is 2.06. The van der Waals surface area contributed by atoms with Crippen molar-refractivity contribution in [2.24, 2.45) is 0 Å². The van der Waals surface area contributed by atoms with Crippen LogP contribution in [0.15, 0.2) is 18.2 Å². The van der Waals surface area contributed by atoms with Crippen molar-refractivity contribution >= 4 is 11.7 Å². The highest BCUT2D eigenvalue weighted by molar-refractivity contribution is 5.95. The molecule has 1 N–H and O–H groups in total. The van der Waals surface area contributed by atoms with E-state index in [0.717, 1.165) is 6.42 Å². The van der Waals surface area contributed by atoms with Gasteiger partial charge in [-0.15, -0.1) is 0 Å². The van der Waals surface area contributed by atoms with Gasteiger partial charge in [0.05, 0.1) is 18.3 Å². The van der Waals surface area contributed by atoms with Crippen molar-refractivity contribution in [1.29, 1.82) is 0 Å². The number of ether oxygens (including phenoxy) is 2. The van der Waals surface area contributed by atoms with E-state index in [1.807, 2.05) is 20.8 Å². The zero-order valence-corrected chi connectivity index (χ0v) is 12.6. The van der Waals surface area contributed by atoms with Crippen LogP contribution in [0.1, 0.15) is 37.6 Å². The van der Waals surface area contributed by atoms with Gasteiger partial charge < -0.3 is 14.8 Å². The van der Waals surface area contributed by atoms with E-state index in [1.165, 1.54) is 25.3 Å². The number of carbonyl (C=O) groups is 1. The number of benzene rings is 1. The minimum Gasteiger partial charge on any atom is -0.465 e. The second-order valence-corrected chi connectivity index (χ2v) is 5.39. The largest absolute Gasteiger partial charge is 0.465 e. The molecule has 0 saturated carbocycles. The average Bonchev–Trinajstić information content (AvgIpc) is 2.39. The number of rotatable bonds is 6. The Labute approximate surface area is 119 Å². The van der Waals surface area contributed by atoms with Crippen LogP contribution in [0, 0.1) is 5.82 Å². The standard InChI is InChI=1S/C15H22FNO3/c1-10(9-15(2,3)20-5)17-13-7-6-11(16)8-12(13)14(18)19-4/h6-8,10,17H,9H2,1-5H3. The lowest BCUT2D eigenvalue weighted by molar-refractivity contribution is 0.0128. The van der Waals surface area contributed by atoms with Crippen molar-refractivity contribution in [2.45, 2.75) is 38.8 Å². The lowest BCUT2D eigenvalue weighted by Crippen LogP contribution is -2.31. The summed E-state index contributed by atoms with van der Waals surface area (Å²) in [6, 6.07) is 4.07. The Morgan fingerprint density at radius 3 is 2.60 bits per heavy atom. The predicted molar refractivity (Wildman–Crippen MR) is 76.5 cm³/mol. The molecule has 0 radical (unpaired) electrons. The molecule has 1 atom stereocenters. The van der Waals surface area contributed by atoms with Crippen molar-refractivity contribution < 1.29 is 18.7 Å².